The number of rotatable bonds is 7. The number of anilines is 1. The molecule has 0 spiro atoms. The second-order valence-corrected chi connectivity index (χ2v) is 11.9. The fourth-order valence-corrected chi connectivity index (χ4v) is 7.30. The Morgan fingerprint density at radius 1 is 1.20 bits per heavy atom. The molecule has 1 amide bonds. The summed E-state index contributed by atoms with van der Waals surface area (Å²) >= 11 is 0. The van der Waals surface area contributed by atoms with Crippen molar-refractivity contribution in [2.45, 2.75) is 68.6 Å². The van der Waals surface area contributed by atoms with Gasteiger partial charge in [-0.2, -0.15) is 13.2 Å². The highest BCUT2D eigenvalue weighted by Gasteiger charge is 2.51. The lowest BCUT2D eigenvalue weighted by Crippen LogP contribution is -2.48. The van der Waals surface area contributed by atoms with E-state index in [0.29, 0.717) is 36.6 Å². The lowest BCUT2D eigenvalue weighted by Gasteiger charge is -2.46. The predicted octanol–water partition coefficient (Wildman–Crippen LogP) is 4.36. The Labute approximate surface area is 235 Å². The summed E-state index contributed by atoms with van der Waals surface area (Å²) in [5, 5.41) is 11.9. The van der Waals surface area contributed by atoms with Gasteiger partial charge in [-0.05, 0) is 66.6 Å². The lowest BCUT2D eigenvalue weighted by molar-refractivity contribution is -0.138. The number of methoxy groups -OCH3 is 1. The molecule has 2 aliphatic carbocycles. The number of alkyl halides is 3. The first-order chi connectivity index (χ1) is 19.7. The molecule has 3 heterocycles. The third-order valence-electron chi connectivity index (χ3n) is 9.51. The van der Waals surface area contributed by atoms with E-state index in [1.807, 2.05) is 29.8 Å². The highest BCUT2D eigenvalue weighted by molar-refractivity contribution is 6.10. The van der Waals surface area contributed by atoms with Crippen molar-refractivity contribution < 1.29 is 27.4 Å². The zero-order valence-electron chi connectivity index (χ0n) is 22.9. The van der Waals surface area contributed by atoms with E-state index in [9.17, 15) is 18.0 Å². The molecular formula is C30H32F3N5O3. The highest BCUT2D eigenvalue weighted by atomic mass is 19.4. The number of halogens is 3. The molecule has 216 valence electrons. The van der Waals surface area contributed by atoms with Gasteiger partial charge in [-0.1, -0.05) is 12.1 Å². The van der Waals surface area contributed by atoms with Crippen LogP contribution in [-0.4, -0.2) is 52.6 Å². The Morgan fingerprint density at radius 2 is 2.02 bits per heavy atom. The van der Waals surface area contributed by atoms with Crippen molar-refractivity contribution in [3.63, 3.8) is 0 Å². The van der Waals surface area contributed by atoms with E-state index in [0.717, 1.165) is 24.2 Å². The SMILES string of the molecule is COC1CC(c2cccc(N3Cc4c(cc(CNC5C[C@@H]6C[C@H]5CO6)cc4C(F)(F)F)C3=O)c2)(c2nncn2C)C1. The Hall–Kier alpha value is -3.28. The minimum Gasteiger partial charge on any atom is -0.381 e. The van der Waals surface area contributed by atoms with Crippen LogP contribution in [0.15, 0.2) is 42.7 Å². The molecule has 1 aromatic heterocycles. The zero-order chi connectivity index (χ0) is 28.5. The first-order valence-corrected chi connectivity index (χ1v) is 14.0. The van der Waals surface area contributed by atoms with Gasteiger partial charge in [0, 0.05) is 43.9 Å². The van der Waals surface area contributed by atoms with Gasteiger partial charge in [-0.15, -0.1) is 10.2 Å². The van der Waals surface area contributed by atoms with E-state index >= 15 is 0 Å². The predicted molar refractivity (Wildman–Crippen MR) is 143 cm³/mol. The zero-order valence-corrected chi connectivity index (χ0v) is 22.9. The van der Waals surface area contributed by atoms with Crippen LogP contribution >= 0.6 is 0 Å². The Morgan fingerprint density at radius 3 is 2.68 bits per heavy atom. The van der Waals surface area contributed by atoms with Gasteiger partial charge in [0.15, 0.2) is 0 Å². The van der Waals surface area contributed by atoms with Crippen molar-refractivity contribution in [2.75, 3.05) is 18.6 Å². The monoisotopic (exact) mass is 567 g/mol. The average molecular weight is 568 g/mol. The quantitative estimate of drug-likeness (QED) is 0.457. The minimum absolute atomic E-state index is 0.0242. The van der Waals surface area contributed by atoms with Gasteiger partial charge in [0.1, 0.15) is 12.2 Å². The molecule has 0 radical (unpaired) electrons. The maximum Gasteiger partial charge on any atom is 0.416 e. The van der Waals surface area contributed by atoms with E-state index in [1.165, 1.54) is 11.0 Å². The number of aromatic nitrogens is 3. The van der Waals surface area contributed by atoms with E-state index in [-0.39, 0.29) is 42.5 Å². The van der Waals surface area contributed by atoms with Crippen molar-refractivity contribution in [3.8, 4) is 0 Å². The number of hydrogen-bond acceptors (Lipinski definition) is 6. The molecule has 1 N–H and O–H groups in total. The van der Waals surface area contributed by atoms with Crippen molar-refractivity contribution in [2.24, 2.45) is 13.0 Å². The lowest BCUT2D eigenvalue weighted by atomic mass is 9.62. The summed E-state index contributed by atoms with van der Waals surface area (Å²) < 4.78 is 56.0. The van der Waals surface area contributed by atoms with Crippen molar-refractivity contribution in [3.05, 3.63) is 76.4 Å². The smallest absolute Gasteiger partial charge is 0.381 e. The number of ether oxygens (including phenoxy) is 2. The van der Waals surface area contributed by atoms with Gasteiger partial charge in [-0.25, -0.2) is 0 Å². The number of amides is 1. The van der Waals surface area contributed by atoms with Crippen LogP contribution in [0.25, 0.3) is 0 Å². The number of nitrogens with one attached hydrogen (secondary N) is 1. The molecule has 1 saturated heterocycles. The van der Waals surface area contributed by atoms with Crippen LogP contribution in [0.2, 0.25) is 0 Å². The molecule has 7 rings (SSSR count). The van der Waals surface area contributed by atoms with Crippen LogP contribution in [-0.2, 0) is 41.2 Å². The molecule has 11 heteroatoms. The standard InChI is InChI=1S/C30H32F3N5O3/c1-37-16-35-36-28(37)29(11-22(12-29)40-2)19-4-3-5-20(9-19)38-14-24-23(27(38)39)6-17(7-25(24)30(31,32)33)13-34-26-10-21-8-18(26)15-41-21/h3-7,9,16,18,21-22,26,34H,8,10-15H2,1-2H3/t18-,21-,22?,26?,29?/m0/s1. The Balaban J connectivity index is 1.19. The Kier molecular flexibility index (Phi) is 6.26. The van der Waals surface area contributed by atoms with Crippen molar-refractivity contribution in [1.29, 1.82) is 0 Å². The largest absolute Gasteiger partial charge is 0.416 e. The van der Waals surface area contributed by atoms with Gasteiger partial charge in [0.05, 0.1) is 36.3 Å². The molecule has 2 saturated carbocycles. The fraction of sp³-hybridized carbons (Fsp3) is 0.500. The van der Waals surface area contributed by atoms with Crippen molar-refractivity contribution >= 4 is 11.6 Å². The third-order valence-corrected chi connectivity index (χ3v) is 9.51. The minimum atomic E-state index is -4.57. The summed E-state index contributed by atoms with van der Waals surface area (Å²) in [4.78, 5) is 15.1. The van der Waals surface area contributed by atoms with Crippen LogP contribution < -0.4 is 10.2 Å². The Bertz CT molecular complexity index is 1500. The maximum atomic E-state index is 14.3. The molecule has 3 fully saturated rings. The number of fused-ring (bicyclic) bond motifs is 3. The summed E-state index contributed by atoms with van der Waals surface area (Å²) in [5.74, 6) is 0.757. The van der Waals surface area contributed by atoms with Gasteiger partial charge in [-0.3, -0.25) is 4.79 Å². The van der Waals surface area contributed by atoms with Gasteiger partial charge in [0.25, 0.3) is 5.91 Å². The summed E-state index contributed by atoms with van der Waals surface area (Å²) in [6.07, 6.45) is 0.613. The van der Waals surface area contributed by atoms with Gasteiger partial charge < -0.3 is 24.3 Å². The topological polar surface area (TPSA) is 81.5 Å². The molecule has 1 unspecified atom stereocenters. The number of hydrogen-bond donors (Lipinski definition) is 1. The summed E-state index contributed by atoms with van der Waals surface area (Å²) in [6, 6.07) is 10.5. The maximum absolute atomic E-state index is 14.3. The highest BCUT2D eigenvalue weighted by Crippen LogP contribution is 2.50. The number of carbonyl (C=O) groups is 1. The van der Waals surface area contributed by atoms with Crippen LogP contribution in [0.4, 0.5) is 18.9 Å². The molecule has 3 atom stereocenters. The molecule has 2 aromatic carbocycles. The first-order valence-electron chi connectivity index (χ1n) is 14.0. The van der Waals surface area contributed by atoms with Crippen LogP contribution in [0, 0.1) is 5.92 Å². The van der Waals surface area contributed by atoms with E-state index in [4.69, 9.17) is 9.47 Å². The number of carbonyl (C=O) groups excluding carboxylic acids is 1. The van der Waals surface area contributed by atoms with E-state index < -0.39 is 23.1 Å². The van der Waals surface area contributed by atoms with E-state index in [1.54, 1.807) is 25.6 Å². The number of nitrogens with zero attached hydrogens (tertiary/aromatic N) is 4. The summed E-state index contributed by atoms with van der Waals surface area (Å²) in [6.45, 7) is 0.826. The normalized spacial score (nSPS) is 28.8. The van der Waals surface area contributed by atoms with Gasteiger partial charge >= 0.3 is 6.18 Å². The summed E-state index contributed by atoms with van der Waals surface area (Å²) in [7, 11) is 3.56. The molecular weight excluding hydrogens is 535 g/mol. The van der Waals surface area contributed by atoms with Crippen molar-refractivity contribution in [1.82, 2.24) is 20.1 Å². The fourth-order valence-electron chi connectivity index (χ4n) is 7.30. The molecule has 41 heavy (non-hydrogen) atoms. The second-order valence-electron chi connectivity index (χ2n) is 11.9. The molecule has 8 nitrogen and oxygen atoms in total. The first kappa shape index (κ1) is 26.6. The molecule has 2 bridgehead atoms. The number of aryl methyl sites for hydroxylation is 1. The number of benzene rings is 2. The van der Waals surface area contributed by atoms with Crippen LogP contribution in [0.1, 0.15) is 64.1 Å². The summed E-state index contributed by atoms with van der Waals surface area (Å²) in [5.41, 5.74) is 0.885. The second kappa shape index (κ2) is 9.64. The molecule has 3 aromatic rings. The molecule has 4 aliphatic rings. The van der Waals surface area contributed by atoms with E-state index in [2.05, 4.69) is 15.5 Å². The average Bonchev–Trinajstić information content (AvgIpc) is 3.72. The molecule has 2 aliphatic heterocycles. The van der Waals surface area contributed by atoms with Gasteiger partial charge in [0.2, 0.25) is 0 Å². The van der Waals surface area contributed by atoms with Crippen LogP contribution in [0.3, 0.4) is 0 Å². The van der Waals surface area contributed by atoms with Crippen LogP contribution in [0.5, 0.6) is 0 Å². The third kappa shape index (κ3) is 4.36.